The van der Waals surface area contributed by atoms with Crippen LogP contribution in [0.4, 0.5) is 5.69 Å². The van der Waals surface area contributed by atoms with Crippen LogP contribution < -0.4 is 9.57 Å². The quantitative estimate of drug-likeness (QED) is 0.116. The van der Waals surface area contributed by atoms with Gasteiger partial charge in [0.2, 0.25) is 17.4 Å². The standard InChI is InChI=1S/C31H30N2O9S/c1-18-16-21(29(36)42-33-24(34)12-13-25(33)35)17-19(2)27(18)41-30(37)28-31(3,4)23-11-10-20-8-5-6-9-22(20)26(23)32(28)14-7-15-43(38,39)40/h5-6,8-13,16-17H,7,14-15H2,1-4H3,(H2,37,38,39,40)/p+1. The molecule has 1 aromatic heterocycles. The number of hydrogen-bond acceptors (Lipinski definition) is 8. The van der Waals surface area contributed by atoms with Crippen molar-refractivity contribution in [2.45, 2.75) is 39.5 Å². The molecule has 0 saturated heterocycles. The van der Waals surface area contributed by atoms with Gasteiger partial charge in [0.05, 0.1) is 22.1 Å². The van der Waals surface area contributed by atoms with Crippen molar-refractivity contribution in [2.75, 3.05) is 12.3 Å². The molecule has 3 N–H and O–H groups in total. The highest BCUT2D eigenvalue weighted by Gasteiger charge is 2.51. The first-order chi connectivity index (χ1) is 20.2. The van der Waals surface area contributed by atoms with E-state index in [1.165, 1.54) is 12.1 Å². The highest BCUT2D eigenvalue weighted by molar-refractivity contribution is 7.85. The van der Waals surface area contributed by atoms with E-state index in [9.17, 15) is 32.8 Å². The first-order valence-electron chi connectivity index (χ1n) is 13.5. The molecule has 2 heterocycles. The maximum absolute atomic E-state index is 14.0. The molecule has 0 bridgehead atoms. The van der Waals surface area contributed by atoms with E-state index >= 15 is 0 Å². The molecule has 12 heteroatoms. The van der Waals surface area contributed by atoms with Gasteiger partial charge in [0.1, 0.15) is 5.75 Å². The summed E-state index contributed by atoms with van der Waals surface area (Å²) in [4.78, 5) is 31.8. The summed E-state index contributed by atoms with van der Waals surface area (Å²) in [7, 11) is -4.21. The van der Waals surface area contributed by atoms with Gasteiger partial charge in [-0.1, -0.05) is 30.3 Å². The SMILES string of the molecule is Cc1cc(C(=O)On2c(O)ccc2O)cc(C)c1OC(=O)C1=[N+](CCCS(=O)(=O)O)c2c(ccc3ccccc23)C1(C)C. The van der Waals surface area contributed by atoms with E-state index in [1.807, 2.05) is 50.2 Å². The number of hydrogen-bond donors (Lipinski definition) is 3. The molecule has 11 nitrogen and oxygen atoms in total. The Morgan fingerprint density at radius 2 is 1.56 bits per heavy atom. The summed E-state index contributed by atoms with van der Waals surface area (Å²) in [5.41, 5.74) is 2.14. The van der Waals surface area contributed by atoms with Gasteiger partial charge in [-0.25, -0.2) is 9.59 Å². The Bertz CT molecular complexity index is 1900. The maximum atomic E-state index is 14.0. The fourth-order valence-electron chi connectivity index (χ4n) is 5.62. The fraction of sp³-hybridized carbons (Fsp3) is 0.258. The molecule has 5 rings (SSSR count). The predicted molar refractivity (Wildman–Crippen MR) is 158 cm³/mol. The molecule has 0 aliphatic carbocycles. The lowest BCUT2D eigenvalue weighted by atomic mass is 9.81. The summed E-state index contributed by atoms with van der Waals surface area (Å²) in [6.45, 7) is 7.24. The smallest absolute Gasteiger partial charge is 0.405 e. The van der Waals surface area contributed by atoms with E-state index in [0.29, 0.717) is 21.6 Å². The van der Waals surface area contributed by atoms with Crippen molar-refractivity contribution >= 4 is 44.2 Å². The molecule has 224 valence electrons. The second-order valence-corrected chi connectivity index (χ2v) is 12.6. The molecule has 0 fully saturated rings. The Morgan fingerprint density at radius 3 is 2.19 bits per heavy atom. The van der Waals surface area contributed by atoms with Gasteiger partial charge in [-0.05, 0) is 62.4 Å². The number of aromatic hydroxyl groups is 2. The molecule has 0 spiro atoms. The number of aromatic nitrogens is 1. The number of benzene rings is 3. The minimum absolute atomic E-state index is 0.0652. The van der Waals surface area contributed by atoms with Gasteiger partial charge in [-0.3, -0.25) is 4.55 Å². The second kappa shape index (κ2) is 10.9. The van der Waals surface area contributed by atoms with Gasteiger partial charge in [-0.15, -0.1) is 4.73 Å². The summed E-state index contributed by atoms with van der Waals surface area (Å²) in [6, 6.07) is 16.9. The summed E-state index contributed by atoms with van der Waals surface area (Å²) >= 11 is 0. The van der Waals surface area contributed by atoms with Gasteiger partial charge in [0, 0.05) is 24.1 Å². The molecule has 1 aliphatic heterocycles. The Kier molecular flexibility index (Phi) is 7.53. The number of rotatable bonds is 8. The predicted octanol–water partition coefficient (Wildman–Crippen LogP) is 4.20. The third kappa shape index (κ3) is 5.58. The Morgan fingerprint density at radius 1 is 0.930 bits per heavy atom. The number of carbonyl (C=O) groups is 2. The normalized spacial score (nSPS) is 14.2. The number of fused-ring (bicyclic) bond motifs is 3. The zero-order valence-corrected chi connectivity index (χ0v) is 24.8. The molecule has 1 aliphatic rings. The minimum atomic E-state index is -4.21. The number of esters is 1. The lowest BCUT2D eigenvalue weighted by Gasteiger charge is -2.18. The van der Waals surface area contributed by atoms with Crippen LogP contribution in [0.5, 0.6) is 17.5 Å². The molecule has 3 aromatic carbocycles. The van der Waals surface area contributed by atoms with Crippen molar-refractivity contribution in [3.8, 4) is 17.5 Å². The van der Waals surface area contributed by atoms with E-state index in [1.54, 1.807) is 18.4 Å². The Hall–Kier alpha value is -4.68. The molecular formula is C31H31N2O9S+. The van der Waals surface area contributed by atoms with Crippen LogP contribution in [0.15, 0.2) is 60.7 Å². The van der Waals surface area contributed by atoms with Crippen molar-refractivity contribution in [1.82, 2.24) is 4.73 Å². The second-order valence-electron chi connectivity index (χ2n) is 11.0. The van der Waals surface area contributed by atoms with Crippen molar-refractivity contribution < 1.29 is 46.9 Å². The van der Waals surface area contributed by atoms with Crippen molar-refractivity contribution in [1.29, 1.82) is 0 Å². The maximum Gasteiger partial charge on any atom is 0.405 e. The van der Waals surface area contributed by atoms with Crippen LogP contribution in [-0.4, -0.2) is 62.4 Å². The number of aryl methyl sites for hydroxylation is 2. The topological polar surface area (TPSA) is 155 Å². The molecule has 4 aromatic rings. The van der Waals surface area contributed by atoms with Gasteiger partial charge in [0.25, 0.3) is 15.8 Å². The molecule has 43 heavy (non-hydrogen) atoms. The van der Waals surface area contributed by atoms with Crippen LogP contribution in [0.2, 0.25) is 0 Å². The first kappa shape index (κ1) is 29.8. The average Bonchev–Trinajstić information content (AvgIpc) is 3.36. The zero-order chi connectivity index (χ0) is 31.3. The van der Waals surface area contributed by atoms with E-state index < -0.39 is 45.0 Å². The summed E-state index contributed by atoms with van der Waals surface area (Å²) < 4.78 is 40.7. The summed E-state index contributed by atoms with van der Waals surface area (Å²) in [5, 5.41) is 21.4. The third-order valence-electron chi connectivity index (χ3n) is 7.55. The molecule has 0 saturated carbocycles. The van der Waals surface area contributed by atoms with E-state index in [0.717, 1.165) is 34.2 Å². The van der Waals surface area contributed by atoms with Crippen LogP contribution in [0.25, 0.3) is 10.8 Å². The molecule has 0 amide bonds. The first-order valence-corrected chi connectivity index (χ1v) is 15.1. The van der Waals surface area contributed by atoms with Crippen LogP contribution in [0.1, 0.15) is 47.3 Å². The molecule has 0 atom stereocenters. The monoisotopic (exact) mass is 607 g/mol. The van der Waals surface area contributed by atoms with Crippen molar-refractivity contribution in [2.24, 2.45) is 0 Å². The van der Waals surface area contributed by atoms with Crippen molar-refractivity contribution in [3.63, 3.8) is 0 Å². The van der Waals surface area contributed by atoms with Crippen LogP contribution in [-0.2, 0) is 20.3 Å². The zero-order valence-electron chi connectivity index (χ0n) is 24.0. The molecule has 0 radical (unpaired) electrons. The van der Waals surface area contributed by atoms with Crippen LogP contribution >= 0.6 is 0 Å². The fourth-order valence-corrected chi connectivity index (χ4v) is 6.12. The average molecular weight is 608 g/mol. The van der Waals surface area contributed by atoms with Gasteiger partial charge in [-0.2, -0.15) is 13.0 Å². The Balaban J connectivity index is 1.52. The number of nitrogens with zero attached hydrogens (tertiary/aromatic N) is 2. The minimum Gasteiger partial charge on any atom is -0.492 e. The highest BCUT2D eigenvalue weighted by atomic mass is 32.2. The van der Waals surface area contributed by atoms with Crippen LogP contribution in [0, 0.1) is 13.8 Å². The summed E-state index contributed by atoms with van der Waals surface area (Å²) in [5.74, 6) is -2.67. The number of carbonyl (C=O) groups excluding carboxylic acids is 2. The van der Waals surface area contributed by atoms with E-state index in [-0.39, 0.29) is 24.3 Å². The molecular weight excluding hydrogens is 576 g/mol. The molecule has 0 unspecified atom stereocenters. The highest BCUT2D eigenvalue weighted by Crippen LogP contribution is 2.44. The van der Waals surface area contributed by atoms with Gasteiger partial charge in [0.15, 0.2) is 6.54 Å². The summed E-state index contributed by atoms with van der Waals surface area (Å²) in [6.07, 6.45) is 0.0652. The van der Waals surface area contributed by atoms with Crippen molar-refractivity contribution in [3.05, 3.63) is 82.9 Å². The Labute approximate surface area is 247 Å². The largest absolute Gasteiger partial charge is 0.492 e. The van der Waals surface area contributed by atoms with Crippen LogP contribution in [0.3, 0.4) is 0 Å². The lowest BCUT2D eigenvalue weighted by molar-refractivity contribution is -0.436. The van der Waals surface area contributed by atoms with E-state index in [2.05, 4.69) is 0 Å². The van der Waals surface area contributed by atoms with Gasteiger partial charge < -0.3 is 19.8 Å². The van der Waals surface area contributed by atoms with Gasteiger partial charge >= 0.3 is 11.9 Å². The van der Waals surface area contributed by atoms with E-state index in [4.69, 9.17) is 9.57 Å². The third-order valence-corrected chi connectivity index (χ3v) is 8.35. The number of ether oxygens (including phenoxy) is 1. The lowest BCUT2D eigenvalue weighted by Crippen LogP contribution is -2.39.